The Morgan fingerprint density at radius 2 is 2.24 bits per heavy atom. The second-order valence-corrected chi connectivity index (χ2v) is 8.12. The molecule has 2 aliphatic heterocycles. The van der Waals surface area contributed by atoms with Crippen molar-refractivity contribution in [3.63, 3.8) is 0 Å². The van der Waals surface area contributed by atoms with E-state index in [0.717, 1.165) is 12.8 Å². The predicted molar refractivity (Wildman–Crippen MR) is 74.1 cm³/mol. The molecule has 116 valence electrons. The van der Waals surface area contributed by atoms with Gasteiger partial charge in [0, 0.05) is 19.9 Å². The SMILES string of the molecule is Cc1nc(C2CCCN2C(=O)CC2CCS(=O)(=O)C2)no1. The maximum absolute atomic E-state index is 12.4. The number of nitrogens with zero attached hydrogens (tertiary/aromatic N) is 3. The van der Waals surface area contributed by atoms with E-state index in [1.54, 1.807) is 11.8 Å². The Balaban J connectivity index is 1.66. The summed E-state index contributed by atoms with van der Waals surface area (Å²) >= 11 is 0. The van der Waals surface area contributed by atoms with Gasteiger partial charge in [-0.15, -0.1) is 0 Å². The van der Waals surface area contributed by atoms with Gasteiger partial charge in [0.2, 0.25) is 11.8 Å². The first kappa shape index (κ1) is 14.5. The predicted octanol–water partition coefficient (Wildman–Crippen LogP) is 0.866. The first-order valence-corrected chi connectivity index (χ1v) is 9.07. The number of rotatable bonds is 3. The highest BCUT2D eigenvalue weighted by Crippen LogP contribution is 2.32. The normalized spacial score (nSPS) is 28.1. The molecule has 8 heteroatoms. The molecular formula is C13H19N3O4S. The van der Waals surface area contributed by atoms with Crippen molar-refractivity contribution >= 4 is 15.7 Å². The molecule has 0 spiro atoms. The molecular weight excluding hydrogens is 294 g/mol. The minimum atomic E-state index is -2.94. The molecule has 2 aliphatic rings. The summed E-state index contributed by atoms with van der Waals surface area (Å²) < 4.78 is 27.9. The fourth-order valence-corrected chi connectivity index (χ4v) is 5.04. The number of likely N-dealkylation sites (tertiary alicyclic amines) is 1. The van der Waals surface area contributed by atoms with Gasteiger partial charge in [-0.05, 0) is 25.2 Å². The lowest BCUT2D eigenvalue weighted by Gasteiger charge is -2.23. The Morgan fingerprint density at radius 3 is 2.86 bits per heavy atom. The molecule has 1 aromatic rings. The molecule has 7 nitrogen and oxygen atoms in total. The summed E-state index contributed by atoms with van der Waals surface area (Å²) in [5, 5.41) is 3.91. The quantitative estimate of drug-likeness (QED) is 0.822. The van der Waals surface area contributed by atoms with Crippen LogP contribution in [-0.4, -0.2) is 47.4 Å². The van der Waals surface area contributed by atoms with E-state index in [2.05, 4.69) is 10.1 Å². The van der Waals surface area contributed by atoms with E-state index in [4.69, 9.17) is 4.52 Å². The zero-order chi connectivity index (χ0) is 15.0. The van der Waals surface area contributed by atoms with Crippen LogP contribution in [0, 0.1) is 12.8 Å². The van der Waals surface area contributed by atoms with E-state index in [-0.39, 0.29) is 29.4 Å². The second kappa shape index (κ2) is 5.40. The lowest BCUT2D eigenvalue weighted by Crippen LogP contribution is -2.32. The molecule has 0 aliphatic carbocycles. The summed E-state index contributed by atoms with van der Waals surface area (Å²) in [5.74, 6) is 1.35. The Kier molecular flexibility index (Phi) is 3.73. The fourth-order valence-electron chi connectivity index (χ4n) is 3.18. The van der Waals surface area contributed by atoms with Gasteiger partial charge in [0.05, 0.1) is 17.5 Å². The van der Waals surface area contributed by atoms with Crippen LogP contribution in [0.5, 0.6) is 0 Å². The highest BCUT2D eigenvalue weighted by molar-refractivity contribution is 7.91. The van der Waals surface area contributed by atoms with Gasteiger partial charge in [-0.3, -0.25) is 4.79 Å². The van der Waals surface area contributed by atoms with Crippen molar-refractivity contribution in [2.75, 3.05) is 18.1 Å². The summed E-state index contributed by atoms with van der Waals surface area (Å²) in [7, 11) is -2.94. The molecule has 2 unspecified atom stereocenters. The maximum atomic E-state index is 12.4. The zero-order valence-corrected chi connectivity index (χ0v) is 12.8. The minimum absolute atomic E-state index is 0.00190. The summed E-state index contributed by atoms with van der Waals surface area (Å²) in [4.78, 5) is 18.4. The molecule has 21 heavy (non-hydrogen) atoms. The van der Waals surface area contributed by atoms with Gasteiger partial charge in [0.1, 0.15) is 0 Å². The van der Waals surface area contributed by atoms with E-state index < -0.39 is 9.84 Å². The first-order valence-electron chi connectivity index (χ1n) is 7.25. The first-order chi connectivity index (χ1) is 9.94. The Bertz CT molecular complexity index is 640. The summed E-state index contributed by atoms with van der Waals surface area (Å²) in [6.45, 7) is 2.40. The van der Waals surface area contributed by atoms with E-state index in [1.165, 1.54) is 0 Å². The van der Waals surface area contributed by atoms with Crippen LogP contribution in [0.15, 0.2) is 4.52 Å². The fraction of sp³-hybridized carbons (Fsp3) is 0.769. The minimum Gasteiger partial charge on any atom is -0.340 e. The van der Waals surface area contributed by atoms with E-state index >= 15 is 0 Å². The van der Waals surface area contributed by atoms with Gasteiger partial charge < -0.3 is 9.42 Å². The maximum Gasteiger partial charge on any atom is 0.223 e. The van der Waals surface area contributed by atoms with Crippen molar-refractivity contribution in [3.8, 4) is 0 Å². The number of carbonyl (C=O) groups is 1. The van der Waals surface area contributed by atoms with Gasteiger partial charge in [-0.2, -0.15) is 4.98 Å². The Morgan fingerprint density at radius 1 is 1.43 bits per heavy atom. The molecule has 0 radical (unpaired) electrons. The lowest BCUT2D eigenvalue weighted by atomic mass is 10.0. The molecule has 0 aromatic carbocycles. The van der Waals surface area contributed by atoms with Gasteiger partial charge in [0.15, 0.2) is 15.7 Å². The molecule has 2 atom stereocenters. The van der Waals surface area contributed by atoms with Crippen molar-refractivity contribution in [2.45, 2.75) is 38.6 Å². The highest BCUT2D eigenvalue weighted by atomic mass is 32.2. The molecule has 2 saturated heterocycles. The van der Waals surface area contributed by atoms with E-state index in [9.17, 15) is 13.2 Å². The van der Waals surface area contributed by atoms with Gasteiger partial charge in [-0.25, -0.2) is 8.42 Å². The average molecular weight is 313 g/mol. The van der Waals surface area contributed by atoms with Gasteiger partial charge >= 0.3 is 0 Å². The molecule has 0 saturated carbocycles. The molecule has 0 bridgehead atoms. The van der Waals surface area contributed by atoms with Crippen molar-refractivity contribution in [2.24, 2.45) is 5.92 Å². The standard InChI is InChI=1S/C13H19N3O4S/c1-9-14-13(15-20-9)11-3-2-5-16(11)12(17)7-10-4-6-21(18,19)8-10/h10-11H,2-8H2,1H3. The lowest BCUT2D eigenvalue weighted by molar-refractivity contribution is -0.133. The van der Waals surface area contributed by atoms with E-state index in [0.29, 0.717) is 31.1 Å². The largest absolute Gasteiger partial charge is 0.340 e. The zero-order valence-electron chi connectivity index (χ0n) is 12.0. The number of sulfone groups is 1. The van der Waals surface area contributed by atoms with Crippen LogP contribution in [-0.2, 0) is 14.6 Å². The van der Waals surface area contributed by atoms with Crippen LogP contribution >= 0.6 is 0 Å². The Hall–Kier alpha value is -1.44. The van der Waals surface area contributed by atoms with Gasteiger partial charge in [-0.1, -0.05) is 5.16 Å². The van der Waals surface area contributed by atoms with Crippen LogP contribution in [0.2, 0.25) is 0 Å². The number of hydrogen-bond donors (Lipinski definition) is 0. The van der Waals surface area contributed by atoms with Crippen molar-refractivity contribution in [1.82, 2.24) is 15.0 Å². The third-order valence-electron chi connectivity index (χ3n) is 4.20. The molecule has 3 heterocycles. The third kappa shape index (κ3) is 3.09. The summed E-state index contributed by atoms with van der Waals surface area (Å²) in [6, 6.07) is -0.132. The molecule has 1 amide bonds. The molecule has 3 rings (SSSR count). The molecule has 1 aromatic heterocycles. The van der Waals surface area contributed by atoms with Crippen LogP contribution < -0.4 is 0 Å². The highest BCUT2D eigenvalue weighted by Gasteiger charge is 2.36. The molecule has 0 N–H and O–H groups in total. The van der Waals surface area contributed by atoms with Gasteiger partial charge in [0.25, 0.3) is 0 Å². The average Bonchev–Trinajstić information content (AvgIpc) is 3.09. The van der Waals surface area contributed by atoms with Crippen LogP contribution in [0.25, 0.3) is 0 Å². The number of carbonyl (C=O) groups excluding carboxylic acids is 1. The van der Waals surface area contributed by atoms with Crippen molar-refractivity contribution in [1.29, 1.82) is 0 Å². The molecule has 2 fully saturated rings. The van der Waals surface area contributed by atoms with E-state index in [1.807, 2.05) is 0 Å². The van der Waals surface area contributed by atoms with Crippen LogP contribution in [0.1, 0.15) is 43.4 Å². The third-order valence-corrected chi connectivity index (χ3v) is 6.04. The smallest absolute Gasteiger partial charge is 0.223 e. The van der Waals surface area contributed by atoms with Crippen LogP contribution in [0.3, 0.4) is 0 Å². The number of aromatic nitrogens is 2. The number of aryl methyl sites for hydroxylation is 1. The monoisotopic (exact) mass is 313 g/mol. The van der Waals surface area contributed by atoms with Crippen molar-refractivity contribution < 1.29 is 17.7 Å². The Labute approximate surface area is 123 Å². The van der Waals surface area contributed by atoms with Crippen molar-refractivity contribution in [3.05, 3.63) is 11.7 Å². The second-order valence-electron chi connectivity index (χ2n) is 5.89. The number of amides is 1. The summed E-state index contributed by atoms with van der Waals surface area (Å²) in [5.41, 5.74) is 0. The van der Waals surface area contributed by atoms with Crippen LogP contribution in [0.4, 0.5) is 0 Å². The topological polar surface area (TPSA) is 93.4 Å². The summed E-state index contributed by atoms with van der Waals surface area (Å²) in [6.07, 6.45) is 2.63. The number of hydrogen-bond acceptors (Lipinski definition) is 6.